The van der Waals surface area contributed by atoms with Crippen molar-refractivity contribution in [2.75, 3.05) is 7.11 Å². The number of methoxy groups -OCH3 is 1. The predicted molar refractivity (Wildman–Crippen MR) is 62.2 cm³/mol. The minimum Gasteiger partial charge on any atom is -0.496 e. The highest BCUT2D eigenvalue weighted by atomic mass is 16.5. The smallest absolute Gasteiger partial charge is 0.125 e. The van der Waals surface area contributed by atoms with Crippen molar-refractivity contribution in [1.29, 1.82) is 0 Å². The van der Waals surface area contributed by atoms with Gasteiger partial charge >= 0.3 is 0 Å². The summed E-state index contributed by atoms with van der Waals surface area (Å²) in [5.74, 6) is 1.04. The summed E-state index contributed by atoms with van der Waals surface area (Å²) in [5.41, 5.74) is 8.73. The first-order valence-electron chi connectivity index (χ1n) is 5.62. The summed E-state index contributed by atoms with van der Waals surface area (Å²) < 4.78 is 5.49. The van der Waals surface area contributed by atoms with Crippen molar-refractivity contribution in [3.05, 3.63) is 29.3 Å². The van der Waals surface area contributed by atoms with E-state index in [1.807, 2.05) is 0 Å². The fraction of sp³-hybridized carbons (Fsp3) is 0.538. The van der Waals surface area contributed by atoms with Gasteiger partial charge in [-0.05, 0) is 36.8 Å². The van der Waals surface area contributed by atoms with E-state index >= 15 is 0 Å². The van der Waals surface area contributed by atoms with Crippen LogP contribution in [0.2, 0.25) is 0 Å². The Labute approximate surface area is 91.4 Å². The molecule has 1 saturated carbocycles. The Hall–Kier alpha value is -1.02. The number of para-hydroxylation sites is 1. The summed E-state index contributed by atoms with van der Waals surface area (Å²) in [6.07, 6.45) is 4.25. The van der Waals surface area contributed by atoms with Crippen LogP contribution < -0.4 is 10.5 Å². The lowest BCUT2D eigenvalue weighted by atomic mass is 10.00. The molecule has 0 amide bonds. The fourth-order valence-electron chi connectivity index (χ4n) is 2.03. The number of aryl methyl sites for hydroxylation is 1. The second kappa shape index (κ2) is 3.86. The highest BCUT2D eigenvalue weighted by Crippen LogP contribution is 2.38. The van der Waals surface area contributed by atoms with Gasteiger partial charge < -0.3 is 10.5 Å². The molecule has 0 spiro atoms. The monoisotopic (exact) mass is 205 g/mol. The molecular weight excluding hydrogens is 186 g/mol. The Kier molecular flexibility index (Phi) is 2.70. The number of hydrogen-bond donors (Lipinski definition) is 1. The Morgan fingerprint density at radius 3 is 2.53 bits per heavy atom. The Morgan fingerprint density at radius 1 is 1.33 bits per heavy atom. The van der Waals surface area contributed by atoms with Crippen LogP contribution in [-0.2, 0) is 12.8 Å². The number of benzene rings is 1. The van der Waals surface area contributed by atoms with Gasteiger partial charge in [0.15, 0.2) is 0 Å². The summed E-state index contributed by atoms with van der Waals surface area (Å²) in [6, 6.07) is 6.35. The molecule has 2 N–H and O–H groups in total. The number of hydrogen-bond acceptors (Lipinski definition) is 2. The summed E-state index contributed by atoms with van der Waals surface area (Å²) in [5, 5.41) is 0. The van der Waals surface area contributed by atoms with E-state index in [-0.39, 0.29) is 5.54 Å². The second-order valence-corrected chi connectivity index (χ2v) is 4.50. The van der Waals surface area contributed by atoms with Crippen LogP contribution in [-0.4, -0.2) is 12.6 Å². The van der Waals surface area contributed by atoms with Crippen LogP contribution in [0.15, 0.2) is 18.2 Å². The first-order chi connectivity index (χ1) is 7.18. The van der Waals surface area contributed by atoms with E-state index < -0.39 is 0 Å². The molecule has 0 aliphatic heterocycles. The molecule has 2 nitrogen and oxygen atoms in total. The lowest BCUT2D eigenvalue weighted by Gasteiger charge is -2.15. The molecule has 1 aliphatic carbocycles. The number of ether oxygens (including phenoxy) is 1. The number of rotatable bonds is 4. The maximum Gasteiger partial charge on any atom is 0.125 e. The molecule has 0 unspecified atom stereocenters. The third kappa shape index (κ3) is 2.15. The summed E-state index contributed by atoms with van der Waals surface area (Å²) in [6.45, 7) is 2.15. The molecule has 82 valence electrons. The molecule has 0 bridgehead atoms. The highest BCUT2D eigenvalue weighted by Gasteiger charge is 2.38. The standard InChI is InChI=1S/C13H19NO/c1-3-10-5-4-6-11(12(10)15-2)9-13(14)7-8-13/h4-6H,3,7-9,14H2,1-2H3. The van der Waals surface area contributed by atoms with Crippen LogP contribution in [0, 0.1) is 0 Å². The SMILES string of the molecule is CCc1cccc(CC2(N)CC2)c1OC. The fourth-order valence-corrected chi connectivity index (χ4v) is 2.03. The normalized spacial score (nSPS) is 17.5. The van der Waals surface area contributed by atoms with E-state index in [1.54, 1.807) is 7.11 Å². The summed E-state index contributed by atoms with van der Waals surface area (Å²) >= 11 is 0. The molecule has 0 radical (unpaired) electrons. The topological polar surface area (TPSA) is 35.2 Å². The van der Waals surface area contributed by atoms with Gasteiger partial charge in [-0.25, -0.2) is 0 Å². The lowest BCUT2D eigenvalue weighted by molar-refractivity contribution is 0.402. The van der Waals surface area contributed by atoms with Gasteiger partial charge in [-0.1, -0.05) is 25.1 Å². The van der Waals surface area contributed by atoms with Crippen molar-refractivity contribution >= 4 is 0 Å². The first kappa shape index (κ1) is 10.5. The largest absolute Gasteiger partial charge is 0.496 e. The molecule has 0 heterocycles. The zero-order valence-electron chi connectivity index (χ0n) is 9.55. The van der Waals surface area contributed by atoms with Crippen molar-refractivity contribution in [1.82, 2.24) is 0 Å². The maximum atomic E-state index is 6.14. The van der Waals surface area contributed by atoms with E-state index in [4.69, 9.17) is 10.5 Å². The van der Waals surface area contributed by atoms with Crippen LogP contribution in [0.4, 0.5) is 0 Å². The van der Waals surface area contributed by atoms with Crippen LogP contribution in [0.3, 0.4) is 0 Å². The van der Waals surface area contributed by atoms with Crippen molar-refractivity contribution < 1.29 is 4.74 Å². The van der Waals surface area contributed by atoms with E-state index in [9.17, 15) is 0 Å². The molecule has 1 aliphatic rings. The number of nitrogens with two attached hydrogens (primary N) is 1. The predicted octanol–water partition coefficient (Wildman–Crippen LogP) is 2.29. The molecule has 1 aromatic carbocycles. The Balaban J connectivity index is 2.28. The third-order valence-electron chi connectivity index (χ3n) is 3.20. The molecule has 1 fully saturated rings. The quantitative estimate of drug-likeness (QED) is 0.818. The minimum atomic E-state index is 0.0552. The zero-order chi connectivity index (χ0) is 10.9. The van der Waals surface area contributed by atoms with E-state index in [2.05, 4.69) is 25.1 Å². The van der Waals surface area contributed by atoms with E-state index in [1.165, 1.54) is 11.1 Å². The molecule has 15 heavy (non-hydrogen) atoms. The van der Waals surface area contributed by atoms with Crippen LogP contribution >= 0.6 is 0 Å². The third-order valence-corrected chi connectivity index (χ3v) is 3.20. The van der Waals surface area contributed by atoms with Gasteiger partial charge in [-0.2, -0.15) is 0 Å². The van der Waals surface area contributed by atoms with Crippen LogP contribution in [0.25, 0.3) is 0 Å². The van der Waals surface area contributed by atoms with Crippen molar-refractivity contribution in [3.63, 3.8) is 0 Å². The van der Waals surface area contributed by atoms with Crippen LogP contribution in [0.5, 0.6) is 5.75 Å². The average Bonchev–Trinajstić information content (AvgIpc) is 2.95. The first-order valence-corrected chi connectivity index (χ1v) is 5.62. The maximum absolute atomic E-state index is 6.14. The summed E-state index contributed by atoms with van der Waals surface area (Å²) in [7, 11) is 1.74. The lowest BCUT2D eigenvalue weighted by Crippen LogP contribution is -2.24. The van der Waals surface area contributed by atoms with E-state index in [0.717, 1.165) is 31.4 Å². The van der Waals surface area contributed by atoms with Crippen molar-refractivity contribution in [2.24, 2.45) is 5.73 Å². The van der Waals surface area contributed by atoms with Gasteiger partial charge in [0.05, 0.1) is 7.11 Å². The average molecular weight is 205 g/mol. The molecule has 1 aromatic rings. The van der Waals surface area contributed by atoms with Crippen LogP contribution in [0.1, 0.15) is 30.9 Å². The minimum absolute atomic E-state index is 0.0552. The van der Waals surface area contributed by atoms with E-state index in [0.29, 0.717) is 0 Å². The van der Waals surface area contributed by atoms with Crippen molar-refractivity contribution in [2.45, 2.75) is 38.1 Å². The zero-order valence-corrected chi connectivity index (χ0v) is 9.55. The Bertz CT molecular complexity index is 356. The van der Waals surface area contributed by atoms with Gasteiger partial charge in [-0.15, -0.1) is 0 Å². The second-order valence-electron chi connectivity index (χ2n) is 4.50. The van der Waals surface area contributed by atoms with Crippen molar-refractivity contribution in [3.8, 4) is 5.75 Å². The van der Waals surface area contributed by atoms with Gasteiger partial charge in [0.25, 0.3) is 0 Å². The molecule has 0 atom stereocenters. The van der Waals surface area contributed by atoms with Gasteiger partial charge in [0.1, 0.15) is 5.75 Å². The van der Waals surface area contributed by atoms with Gasteiger partial charge in [0.2, 0.25) is 0 Å². The molecule has 2 rings (SSSR count). The molecule has 2 heteroatoms. The molecule has 0 aromatic heterocycles. The van der Waals surface area contributed by atoms with Gasteiger partial charge in [-0.3, -0.25) is 0 Å². The molecule has 0 saturated heterocycles. The summed E-state index contributed by atoms with van der Waals surface area (Å²) in [4.78, 5) is 0. The Morgan fingerprint density at radius 2 is 2.00 bits per heavy atom. The molecular formula is C13H19NO. The highest BCUT2D eigenvalue weighted by molar-refractivity contribution is 5.43. The van der Waals surface area contributed by atoms with Gasteiger partial charge in [0, 0.05) is 5.54 Å².